The Morgan fingerprint density at radius 3 is 2.19 bits per heavy atom. The van der Waals surface area contributed by atoms with Gasteiger partial charge in [0.1, 0.15) is 5.82 Å². The lowest BCUT2D eigenvalue weighted by Gasteiger charge is -2.13. The lowest BCUT2D eigenvalue weighted by Crippen LogP contribution is -2.28. The van der Waals surface area contributed by atoms with Crippen LogP contribution in [0, 0.1) is 0 Å². The highest BCUT2D eigenvalue weighted by Gasteiger charge is 2.32. The molecule has 0 atom stereocenters. The number of rotatable bonds is 4. The van der Waals surface area contributed by atoms with Crippen molar-refractivity contribution in [1.29, 1.82) is 0 Å². The predicted octanol–water partition coefficient (Wildman–Crippen LogP) is 0.260. The molecule has 5 nitrogen and oxygen atoms in total. The van der Waals surface area contributed by atoms with Gasteiger partial charge in [0.15, 0.2) is 5.69 Å². The normalized spacial score (nSPS) is 11.9. The lowest BCUT2D eigenvalue weighted by molar-refractivity contribution is -0.141. The number of nitrogens with one attached hydrogen (secondary N) is 1. The number of aliphatic hydroxyl groups is 2. The lowest BCUT2D eigenvalue weighted by atomic mass is 10.3. The number of hydrogen-bond donors (Lipinski definition) is 3. The van der Waals surface area contributed by atoms with E-state index in [9.17, 15) is 13.2 Å². The molecular weight excluding hydrogens is 227 g/mol. The Bertz CT molecular complexity index is 324. The molecule has 16 heavy (non-hydrogen) atoms. The van der Waals surface area contributed by atoms with E-state index in [0.29, 0.717) is 0 Å². The van der Waals surface area contributed by atoms with E-state index < -0.39 is 17.9 Å². The fraction of sp³-hybridized carbons (Fsp3) is 0.500. The molecule has 0 aliphatic rings. The van der Waals surface area contributed by atoms with Gasteiger partial charge in [0.25, 0.3) is 0 Å². The van der Waals surface area contributed by atoms with E-state index in [4.69, 9.17) is 10.2 Å². The molecule has 0 aliphatic carbocycles. The smallest absolute Gasteiger partial charge is 0.394 e. The van der Waals surface area contributed by atoms with Crippen LogP contribution >= 0.6 is 0 Å². The highest BCUT2D eigenvalue weighted by atomic mass is 19.4. The topological polar surface area (TPSA) is 78.3 Å². The number of aliphatic hydroxyl groups excluding tert-OH is 2. The third-order valence-corrected chi connectivity index (χ3v) is 1.75. The Hall–Kier alpha value is -1.41. The Morgan fingerprint density at radius 1 is 1.19 bits per heavy atom. The second-order valence-corrected chi connectivity index (χ2v) is 3.01. The molecule has 1 aromatic heterocycles. The van der Waals surface area contributed by atoms with E-state index in [0.717, 1.165) is 12.1 Å². The van der Waals surface area contributed by atoms with Crippen molar-refractivity contribution in [2.24, 2.45) is 0 Å². The molecule has 0 saturated heterocycles. The molecule has 3 N–H and O–H groups in total. The van der Waals surface area contributed by atoms with Crippen molar-refractivity contribution in [1.82, 2.24) is 10.2 Å². The van der Waals surface area contributed by atoms with Crippen molar-refractivity contribution >= 4 is 5.82 Å². The van der Waals surface area contributed by atoms with Crippen molar-refractivity contribution in [3.63, 3.8) is 0 Å². The molecule has 0 unspecified atom stereocenters. The van der Waals surface area contributed by atoms with E-state index in [-0.39, 0.29) is 19.0 Å². The molecule has 0 bridgehead atoms. The van der Waals surface area contributed by atoms with Gasteiger partial charge >= 0.3 is 6.18 Å². The number of aromatic nitrogens is 2. The zero-order chi connectivity index (χ0) is 12.2. The molecule has 0 aromatic carbocycles. The van der Waals surface area contributed by atoms with Gasteiger partial charge in [-0.25, -0.2) is 0 Å². The second-order valence-electron chi connectivity index (χ2n) is 3.01. The molecular formula is C8H10F3N3O2. The molecule has 1 heterocycles. The van der Waals surface area contributed by atoms with Crippen LogP contribution in [0.2, 0.25) is 0 Å². The highest BCUT2D eigenvalue weighted by molar-refractivity contribution is 5.34. The monoisotopic (exact) mass is 237 g/mol. The van der Waals surface area contributed by atoms with Gasteiger partial charge in [-0.05, 0) is 12.1 Å². The first kappa shape index (κ1) is 12.7. The Morgan fingerprint density at radius 2 is 1.81 bits per heavy atom. The first-order valence-electron chi connectivity index (χ1n) is 4.36. The van der Waals surface area contributed by atoms with E-state index in [2.05, 4.69) is 15.5 Å². The van der Waals surface area contributed by atoms with Gasteiger partial charge < -0.3 is 15.5 Å². The molecule has 0 spiro atoms. The maximum atomic E-state index is 12.1. The standard InChI is InChI=1S/C8H10F3N3O2/c9-8(10,11)6-1-2-7(14-13-6)12-5(3-15)4-16/h1-2,5,15-16H,3-4H2,(H,12,14). The van der Waals surface area contributed by atoms with E-state index in [1.807, 2.05) is 0 Å². The number of hydrogen-bond acceptors (Lipinski definition) is 5. The minimum atomic E-state index is -4.53. The summed E-state index contributed by atoms with van der Waals surface area (Å²) < 4.78 is 36.3. The molecule has 1 rings (SSSR count). The van der Waals surface area contributed by atoms with Gasteiger partial charge in [-0.15, -0.1) is 10.2 Å². The number of halogens is 3. The second kappa shape index (κ2) is 5.08. The Kier molecular flexibility index (Phi) is 4.02. The summed E-state index contributed by atoms with van der Waals surface area (Å²) in [5.41, 5.74) is -1.09. The maximum absolute atomic E-state index is 12.1. The average molecular weight is 237 g/mol. The summed E-state index contributed by atoms with van der Waals surface area (Å²) in [5, 5.41) is 26.2. The van der Waals surface area contributed by atoms with Gasteiger partial charge in [-0.1, -0.05) is 0 Å². The van der Waals surface area contributed by atoms with E-state index >= 15 is 0 Å². The van der Waals surface area contributed by atoms with Gasteiger partial charge in [-0.3, -0.25) is 0 Å². The van der Waals surface area contributed by atoms with Crippen molar-refractivity contribution in [3.05, 3.63) is 17.8 Å². The van der Waals surface area contributed by atoms with Crippen LogP contribution in [0.15, 0.2) is 12.1 Å². The fourth-order valence-electron chi connectivity index (χ4n) is 0.919. The first-order chi connectivity index (χ1) is 7.47. The molecule has 0 amide bonds. The van der Waals surface area contributed by atoms with Crippen molar-refractivity contribution in [2.75, 3.05) is 18.5 Å². The fourth-order valence-corrected chi connectivity index (χ4v) is 0.919. The summed E-state index contributed by atoms with van der Waals surface area (Å²) in [6, 6.07) is 1.17. The van der Waals surface area contributed by atoms with Crippen LogP contribution in [-0.2, 0) is 6.18 Å². The SMILES string of the molecule is OCC(CO)Nc1ccc(C(F)(F)F)nn1. The average Bonchev–Trinajstić information content (AvgIpc) is 2.25. The molecule has 0 saturated carbocycles. The van der Waals surface area contributed by atoms with Crippen molar-refractivity contribution < 1.29 is 23.4 Å². The van der Waals surface area contributed by atoms with Gasteiger partial charge in [0.2, 0.25) is 0 Å². The predicted molar refractivity (Wildman–Crippen MR) is 48.6 cm³/mol. The summed E-state index contributed by atoms with van der Waals surface area (Å²) in [6.45, 7) is -0.724. The van der Waals surface area contributed by atoms with Gasteiger partial charge in [0.05, 0.1) is 19.3 Å². The van der Waals surface area contributed by atoms with E-state index in [1.54, 1.807) is 0 Å². The molecule has 0 fully saturated rings. The molecule has 8 heteroatoms. The van der Waals surface area contributed by atoms with Crippen LogP contribution in [0.5, 0.6) is 0 Å². The number of anilines is 1. The minimum Gasteiger partial charge on any atom is -0.394 e. The Labute approximate surface area is 88.9 Å². The van der Waals surface area contributed by atoms with Crippen LogP contribution in [0.1, 0.15) is 5.69 Å². The van der Waals surface area contributed by atoms with E-state index in [1.165, 1.54) is 0 Å². The highest BCUT2D eigenvalue weighted by Crippen LogP contribution is 2.27. The van der Waals surface area contributed by atoms with Crippen LogP contribution in [0.4, 0.5) is 19.0 Å². The summed E-state index contributed by atoms with van der Waals surface area (Å²) in [7, 11) is 0. The largest absolute Gasteiger partial charge is 0.435 e. The third kappa shape index (κ3) is 3.31. The Balaban J connectivity index is 2.72. The van der Waals surface area contributed by atoms with Gasteiger partial charge in [-0.2, -0.15) is 13.2 Å². The quantitative estimate of drug-likeness (QED) is 0.700. The molecule has 90 valence electrons. The van der Waals surface area contributed by atoms with Crippen LogP contribution in [0.3, 0.4) is 0 Å². The van der Waals surface area contributed by atoms with Crippen LogP contribution < -0.4 is 5.32 Å². The first-order valence-corrected chi connectivity index (χ1v) is 4.36. The zero-order valence-electron chi connectivity index (χ0n) is 8.07. The zero-order valence-corrected chi connectivity index (χ0v) is 8.07. The number of nitrogens with zero attached hydrogens (tertiary/aromatic N) is 2. The van der Waals surface area contributed by atoms with Crippen molar-refractivity contribution in [2.45, 2.75) is 12.2 Å². The van der Waals surface area contributed by atoms with Crippen LogP contribution in [0.25, 0.3) is 0 Å². The molecule has 0 aliphatic heterocycles. The number of alkyl halides is 3. The summed E-state index contributed by atoms with van der Waals surface area (Å²) in [4.78, 5) is 0. The maximum Gasteiger partial charge on any atom is 0.435 e. The van der Waals surface area contributed by atoms with Crippen LogP contribution in [-0.4, -0.2) is 39.7 Å². The summed E-state index contributed by atoms with van der Waals surface area (Å²) in [5.74, 6) is 0.0566. The molecule has 1 aromatic rings. The minimum absolute atomic E-state index is 0.0566. The summed E-state index contributed by atoms with van der Waals surface area (Å²) >= 11 is 0. The van der Waals surface area contributed by atoms with Crippen molar-refractivity contribution in [3.8, 4) is 0 Å². The third-order valence-electron chi connectivity index (χ3n) is 1.75. The van der Waals surface area contributed by atoms with Gasteiger partial charge in [0, 0.05) is 0 Å². The molecule has 0 radical (unpaired) electrons. The summed E-state index contributed by atoms with van der Waals surface area (Å²) in [6.07, 6.45) is -4.53.